The fraction of sp³-hybridized carbons (Fsp3) is 0.321. The van der Waals surface area contributed by atoms with E-state index in [1.54, 1.807) is 12.3 Å². The van der Waals surface area contributed by atoms with E-state index >= 15 is 0 Å². The number of pyridine rings is 1. The fourth-order valence-electron chi connectivity index (χ4n) is 5.53. The Balaban J connectivity index is 1.24. The lowest BCUT2D eigenvalue weighted by Gasteiger charge is -2.45. The van der Waals surface area contributed by atoms with Crippen LogP contribution < -0.4 is 10.5 Å². The highest BCUT2D eigenvalue weighted by Gasteiger charge is 2.50. The lowest BCUT2D eigenvalue weighted by atomic mass is 9.65. The number of nitrogens with zero attached hydrogens (tertiary/aromatic N) is 6. The van der Waals surface area contributed by atoms with Crippen LogP contribution in [-0.4, -0.2) is 48.6 Å². The Morgan fingerprint density at radius 3 is 2.73 bits per heavy atom. The molecule has 1 aromatic carbocycles. The number of carbonyl (C=O) groups is 1. The monoisotopic (exact) mass is 495 g/mol. The number of ether oxygens (including phenoxy) is 1. The number of hydrogen-bond donors (Lipinski definition) is 1. The fourth-order valence-corrected chi connectivity index (χ4v) is 5.53. The van der Waals surface area contributed by atoms with Crippen LogP contribution in [0.3, 0.4) is 0 Å². The normalized spacial score (nSPS) is 21.1. The Morgan fingerprint density at radius 1 is 1.14 bits per heavy atom. The molecule has 4 aromatic rings. The Labute approximate surface area is 215 Å². The zero-order valence-corrected chi connectivity index (χ0v) is 20.7. The Hall–Kier alpha value is -4.27. The molecule has 4 heterocycles. The molecule has 37 heavy (non-hydrogen) atoms. The van der Waals surface area contributed by atoms with Crippen LogP contribution in [0.5, 0.6) is 11.5 Å². The maximum absolute atomic E-state index is 12.5. The molecular formula is C28H29N7O2. The van der Waals surface area contributed by atoms with E-state index < -0.39 is 0 Å². The molecule has 2 N–H and O–H groups in total. The number of rotatable bonds is 6. The van der Waals surface area contributed by atoms with E-state index in [4.69, 9.17) is 15.6 Å². The van der Waals surface area contributed by atoms with Crippen LogP contribution >= 0.6 is 0 Å². The molecule has 9 heteroatoms. The van der Waals surface area contributed by atoms with Crippen molar-refractivity contribution in [1.29, 1.82) is 0 Å². The second kappa shape index (κ2) is 9.31. The zero-order chi connectivity index (χ0) is 25.4. The van der Waals surface area contributed by atoms with E-state index in [9.17, 15) is 4.79 Å². The molecule has 188 valence electrons. The van der Waals surface area contributed by atoms with Crippen molar-refractivity contribution in [2.45, 2.75) is 38.6 Å². The molecule has 0 bridgehead atoms. The van der Waals surface area contributed by atoms with Gasteiger partial charge in [-0.05, 0) is 61.4 Å². The van der Waals surface area contributed by atoms with Gasteiger partial charge in [0.2, 0.25) is 5.91 Å². The first kappa shape index (κ1) is 23.1. The van der Waals surface area contributed by atoms with E-state index in [1.165, 1.54) is 6.33 Å². The zero-order valence-electron chi connectivity index (χ0n) is 20.7. The van der Waals surface area contributed by atoms with E-state index in [2.05, 4.69) is 15.0 Å². The minimum Gasteiger partial charge on any atom is -0.456 e. The van der Waals surface area contributed by atoms with Gasteiger partial charge in [0.15, 0.2) is 5.65 Å². The minimum atomic E-state index is 0.111. The van der Waals surface area contributed by atoms with Gasteiger partial charge in [0, 0.05) is 13.1 Å². The largest absolute Gasteiger partial charge is 0.456 e. The smallest absolute Gasteiger partial charge is 0.246 e. The number of fused-ring (bicyclic) bond motifs is 1. The summed E-state index contributed by atoms with van der Waals surface area (Å²) in [6.07, 6.45) is 10.6. The van der Waals surface area contributed by atoms with Crippen LogP contribution in [0.4, 0.5) is 5.82 Å². The number of likely N-dealkylation sites (tertiary alicyclic amines) is 1. The SMILES string of the molecule is CC/C=C/C(=O)N1CCC2(CC(n3nc(-c4ccc(Oc5ccccc5)cn4)c4c(N)ncnc43)C2)C1. The molecule has 1 aliphatic carbocycles. The highest BCUT2D eigenvalue weighted by molar-refractivity contribution is 5.97. The predicted molar refractivity (Wildman–Crippen MR) is 141 cm³/mol. The highest BCUT2D eigenvalue weighted by atomic mass is 16.5. The number of carbonyl (C=O) groups excluding carboxylic acids is 1. The first-order valence-corrected chi connectivity index (χ1v) is 12.7. The molecule has 1 saturated heterocycles. The molecule has 9 nitrogen and oxygen atoms in total. The average molecular weight is 496 g/mol. The van der Waals surface area contributed by atoms with Gasteiger partial charge >= 0.3 is 0 Å². The predicted octanol–water partition coefficient (Wildman–Crippen LogP) is 4.78. The first-order chi connectivity index (χ1) is 18.0. The summed E-state index contributed by atoms with van der Waals surface area (Å²) in [7, 11) is 0. The quantitative estimate of drug-likeness (QED) is 0.383. The summed E-state index contributed by atoms with van der Waals surface area (Å²) in [5.74, 6) is 1.88. The molecule has 3 aromatic heterocycles. The van der Waals surface area contributed by atoms with E-state index in [0.717, 1.165) is 44.5 Å². The maximum Gasteiger partial charge on any atom is 0.246 e. The molecule has 0 radical (unpaired) electrons. The third kappa shape index (κ3) is 4.30. The van der Waals surface area contributed by atoms with Gasteiger partial charge in [-0.15, -0.1) is 0 Å². The summed E-state index contributed by atoms with van der Waals surface area (Å²) in [5, 5.41) is 5.65. The third-order valence-electron chi connectivity index (χ3n) is 7.41. The average Bonchev–Trinajstić information content (AvgIpc) is 3.51. The molecule has 1 amide bonds. The highest BCUT2D eigenvalue weighted by Crippen LogP contribution is 2.54. The number of nitrogens with two attached hydrogens (primary N) is 1. The summed E-state index contributed by atoms with van der Waals surface area (Å²) in [5.41, 5.74) is 8.50. The molecule has 6 rings (SSSR count). The van der Waals surface area contributed by atoms with E-state index in [1.807, 2.05) is 65.0 Å². The molecular weight excluding hydrogens is 466 g/mol. The van der Waals surface area contributed by atoms with Crippen molar-refractivity contribution in [2.24, 2.45) is 5.41 Å². The molecule has 1 aliphatic heterocycles. The van der Waals surface area contributed by atoms with Gasteiger partial charge in [-0.2, -0.15) is 5.10 Å². The number of allylic oxidation sites excluding steroid dienone is 1. The Kier molecular flexibility index (Phi) is 5.82. The van der Waals surface area contributed by atoms with Gasteiger partial charge in [0.1, 0.15) is 29.3 Å². The lowest BCUT2D eigenvalue weighted by Crippen LogP contribution is -2.42. The molecule has 1 saturated carbocycles. The van der Waals surface area contributed by atoms with E-state index in [0.29, 0.717) is 34.0 Å². The second-order valence-electron chi connectivity index (χ2n) is 9.93. The Bertz CT molecular complexity index is 1460. The van der Waals surface area contributed by atoms with Crippen molar-refractivity contribution in [3.63, 3.8) is 0 Å². The summed E-state index contributed by atoms with van der Waals surface area (Å²) in [4.78, 5) is 27.8. The molecule has 2 aliphatic rings. The van der Waals surface area contributed by atoms with Gasteiger partial charge in [-0.25, -0.2) is 14.6 Å². The number of anilines is 1. The van der Waals surface area contributed by atoms with Crippen LogP contribution in [0, 0.1) is 5.41 Å². The van der Waals surface area contributed by atoms with Crippen molar-refractivity contribution < 1.29 is 9.53 Å². The topological polar surface area (TPSA) is 112 Å². The number of para-hydroxylation sites is 1. The van der Waals surface area contributed by atoms with Crippen molar-refractivity contribution in [3.05, 3.63) is 67.1 Å². The van der Waals surface area contributed by atoms with Crippen LogP contribution in [0.1, 0.15) is 38.6 Å². The van der Waals surface area contributed by atoms with Crippen LogP contribution in [-0.2, 0) is 4.79 Å². The third-order valence-corrected chi connectivity index (χ3v) is 7.41. The van der Waals surface area contributed by atoms with Crippen LogP contribution in [0.25, 0.3) is 22.4 Å². The number of benzene rings is 1. The van der Waals surface area contributed by atoms with Crippen LogP contribution in [0.2, 0.25) is 0 Å². The number of nitrogen functional groups attached to an aromatic ring is 1. The number of amides is 1. The molecule has 0 atom stereocenters. The molecule has 2 fully saturated rings. The standard InChI is InChI=1S/C28H29N7O2/c1-2-3-9-23(36)34-13-12-28(17-34)14-19(15-28)35-27-24(26(29)31-18-32-27)25(33-35)22-11-10-21(16-30-22)37-20-7-5-4-6-8-20/h3-11,16,18-19H,2,12-15,17H2,1H3,(H2,29,31,32)/b9-3+. The van der Waals surface area contributed by atoms with Crippen molar-refractivity contribution in [2.75, 3.05) is 18.8 Å². The van der Waals surface area contributed by atoms with Crippen molar-refractivity contribution >= 4 is 22.8 Å². The van der Waals surface area contributed by atoms with Gasteiger partial charge in [-0.1, -0.05) is 31.2 Å². The molecule has 1 spiro atoms. The second-order valence-corrected chi connectivity index (χ2v) is 9.93. The molecule has 0 unspecified atom stereocenters. The summed E-state index contributed by atoms with van der Waals surface area (Å²) < 4.78 is 7.86. The van der Waals surface area contributed by atoms with Crippen molar-refractivity contribution in [3.8, 4) is 22.9 Å². The van der Waals surface area contributed by atoms with Crippen molar-refractivity contribution in [1.82, 2.24) is 29.6 Å². The van der Waals surface area contributed by atoms with Crippen LogP contribution in [0.15, 0.2) is 67.1 Å². The van der Waals surface area contributed by atoms with Gasteiger partial charge in [0.25, 0.3) is 0 Å². The Morgan fingerprint density at radius 2 is 1.97 bits per heavy atom. The van der Waals surface area contributed by atoms with E-state index in [-0.39, 0.29) is 17.4 Å². The number of aromatic nitrogens is 5. The summed E-state index contributed by atoms with van der Waals surface area (Å²) in [6.45, 7) is 3.64. The lowest BCUT2D eigenvalue weighted by molar-refractivity contribution is -0.125. The van der Waals surface area contributed by atoms with Gasteiger partial charge < -0.3 is 15.4 Å². The maximum atomic E-state index is 12.5. The van der Waals surface area contributed by atoms with Gasteiger partial charge in [0.05, 0.1) is 23.3 Å². The first-order valence-electron chi connectivity index (χ1n) is 12.7. The number of hydrogen-bond acceptors (Lipinski definition) is 7. The summed E-state index contributed by atoms with van der Waals surface area (Å²) >= 11 is 0. The minimum absolute atomic E-state index is 0.111. The van der Waals surface area contributed by atoms with Gasteiger partial charge in [-0.3, -0.25) is 9.78 Å². The summed E-state index contributed by atoms with van der Waals surface area (Å²) in [6, 6.07) is 13.5.